The highest BCUT2D eigenvalue weighted by Gasteiger charge is 2.47. The summed E-state index contributed by atoms with van der Waals surface area (Å²) in [6.07, 6.45) is 8.59. The smallest absolute Gasteiger partial charge is 0.323 e. The first-order valence-corrected chi connectivity index (χ1v) is 11.3. The second-order valence-electron chi connectivity index (χ2n) is 9.00. The van der Waals surface area contributed by atoms with Crippen LogP contribution in [0.1, 0.15) is 44.9 Å². The molecule has 1 aliphatic carbocycles. The fourth-order valence-corrected chi connectivity index (χ4v) is 4.27. The van der Waals surface area contributed by atoms with E-state index in [1.54, 1.807) is 17.2 Å². The van der Waals surface area contributed by atoms with E-state index < -0.39 is 0 Å². The van der Waals surface area contributed by atoms with Crippen LogP contribution in [0.3, 0.4) is 0 Å². The number of hydrogen-bond donors (Lipinski definition) is 2. The van der Waals surface area contributed by atoms with E-state index in [1.807, 2.05) is 6.33 Å². The zero-order valence-corrected chi connectivity index (χ0v) is 18.7. The van der Waals surface area contributed by atoms with Gasteiger partial charge in [-0.3, -0.25) is 4.90 Å². The largest absolute Gasteiger partial charge is 0.343 e. The standard InChI is InChI=1S/C24H29N7O/c1-4-17-5-7-18(8-6-17)30-14-20(27-15-30)24(10-11-24)29-22-25-12-9-21(28-22)31-19(16(2)3)13-26-23(31)32/h5-9,12,14-16,19H,4,10-11,13H2,1-3H3,(H,26,32)(H,25,28,29). The number of nitrogens with zero attached hydrogens (tertiary/aromatic N) is 5. The van der Waals surface area contributed by atoms with Gasteiger partial charge in [-0.05, 0) is 48.9 Å². The van der Waals surface area contributed by atoms with Gasteiger partial charge in [0.15, 0.2) is 0 Å². The van der Waals surface area contributed by atoms with Crippen LogP contribution in [0.2, 0.25) is 0 Å². The van der Waals surface area contributed by atoms with Gasteiger partial charge in [0.25, 0.3) is 0 Å². The van der Waals surface area contributed by atoms with Crippen molar-refractivity contribution in [1.82, 2.24) is 24.8 Å². The minimum atomic E-state index is -0.266. The molecule has 5 rings (SSSR count). The van der Waals surface area contributed by atoms with E-state index in [-0.39, 0.29) is 17.6 Å². The van der Waals surface area contributed by atoms with Crippen LogP contribution in [-0.2, 0) is 12.0 Å². The van der Waals surface area contributed by atoms with E-state index in [0.29, 0.717) is 24.2 Å². The molecule has 0 spiro atoms. The number of aromatic nitrogens is 4. The van der Waals surface area contributed by atoms with Crippen molar-refractivity contribution in [3.05, 3.63) is 60.3 Å². The Hall–Kier alpha value is -3.42. The van der Waals surface area contributed by atoms with Crippen molar-refractivity contribution in [3.63, 3.8) is 0 Å². The van der Waals surface area contributed by atoms with E-state index in [0.717, 1.165) is 30.6 Å². The van der Waals surface area contributed by atoms with Gasteiger partial charge in [-0.25, -0.2) is 14.8 Å². The summed E-state index contributed by atoms with van der Waals surface area (Å²) in [6, 6.07) is 10.3. The third-order valence-corrected chi connectivity index (χ3v) is 6.49. The molecule has 1 aliphatic heterocycles. The first-order chi connectivity index (χ1) is 15.5. The van der Waals surface area contributed by atoms with Crippen LogP contribution in [-0.4, -0.2) is 38.1 Å². The average Bonchev–Trinajstić information content (AvgIpc) is 3.22. The molecule has 1 unspecified atom stereocenters. The van der Waals surface area contributed by atoms with Crippen LogP contribution in [0.5, 0.6) is 0 Å². The molecule has 166 valence electrons. The topological polar surface area (TPSA) is 88.0 Å². The number of nitrogens with one attached hydrogen (secondary N) is 2. The average molecular weight is 432 g/mol. The Kier molecular flexibility index (Phi) is 5.07. The Bertz CT molecular complexity index is 1120. The van der Waals surface area contributed by atoms with Gasteiger partial charge in [0.1, 0.15) is 5.82 Å². The van der Waals surface area contributed by atoms with Crippen molar-refractivity contribution in [2.75, 3.05) is 16.8 Å². The molecule has 1 saturated heterocycles. The second-order valence-corrected chi connectivity index (χ2v) is 9.00. The maximum absolute atomic E-state index is 12.4. The van der Waals surface area contributed by atoms with Crippen molar-refractivity contribution < 1.29 is 4.79 Å². The van der Waals surface area contributed by atoms with E-state index in [4.69, 9.17) is 0 Å². The number of aryl methyl sites for hydroxylation is 1. The molecule has 3 aromatic rings. The van der Waals surface area contributed by atoms with Crippen molar-refractivity contribution in [3.8, 4) is 5.69 Å². The summed E-state index contributed by atoms with van der Waals surface area (Å²) in [7, 11) is 0. The van der Waals surface area contributed by atoms with Crippen LogP contribution < -0.4 is 15.5 Å². The summed E-state index contributed by atoms with van der Waals surface area (Å²) in [6.45, 7) is 7.01. The normalized spacial score (nSPS) is 19.3. The number of anilines is 2. The fraction of sp³-hybridized carbons (Fsp3) is 0.417. The summed E-state index contributed by atoms with van der Waals surface area (Å²) in [4.78, 5) is 28.0. The van der Waals surface area contributed by atoms with Gasteiger partial charge in [0.05, 0.1) is 23.6 Å². The Morgan fingerprint density at radius 3 is 2.66 bits per heavy atom. The molecule has 1 aromatic carbocycles. The number of urea groups is 1. The summed E-state index contributed by atoms with van der Waals surface area (Å²) in [5.74, 6) is 1.46. The third kappa shape index (κ3) is 3.70. The molecular weight excluding hydrogens is 402 g/mol. The molecule has 8 heteroatoms. The lowest BCUT2D eigenvalue weighted by molar-refractivity contribution is 0.251. The van der Waals surface area contributed by atoms with E-state index in [9.17, 15) is 4.79 Å². The quantitative estimate of drug-likeness (QED) is 0.593. The molecule has 0 radical (unpaired) electrons. The van der Waals surface area contributed by atoms with Crippen LogP contribution in [0, 0.1) is 5.92 Å². The molecule has 2 aromatic heterocycles. The summed E-state index contributed by atoms with van der Waals surface area (Å²) < 4.78 is 2.05. The van der Waals surface area contributed by atoms with Gasteiger partial charge >= 0.3 is 6.03 Å². The molecule has 2 amide bonds. The predicted octanol–water partition coefficient (Wildman–Crippen LogP) is 3.88. The Labute approximate surface area is 188 Å². The number of benzene rings is 1. The van der Waals surface area contributed by atoms with Gasteiger partial charge in [-0.15, -0.1) is 0 Å². The van der Waals surface area contributed by atoms with Crippen LogP contribution in [0.4, 0.5) is 16.6 Å². The van der Waals surface area contributed by atoms with Crippen molar-refractivity contribution in [1.29, 1.82) is 0 Å². The third-order valence-electron chi connectivity index (χ3n) is 6.49. The number of carbonyl (C=O) groups is 1. The molecule has 2 fully saturated rings. The summed E-state index contributed by atoms with van der Waals surface area (Å²) in [5, 5.41) is 6.42. The zero-order chi connectivity index (χ0) is 22.3. The van der Waals surface area contributed by atoms with Crippen LogP contribution in [0.15, 0.2) is 49.1 Å². The number of carbonyl (C=O) groups excluding carboxylic acids is 1. The highest BCUT2D eigenvalue weighted by molar-refractivity contribution is 5.94. The molecule has 32 heavy (non-hydrogen) atoms. The summed E-state index contributed by atoms with van der Waals surface area (Å²) in [5.41, 5.74) is 3.12. The zero-order valence-electron chi connectivity index (χ0n) is 18.7. The van der Waals surface area contributed by atoms with Gasteiger partial charge < -0.3 is 15.2 Å². The lowest BCUT2D eigenvalue weighted by Crippen LogP contribution is -2.38. The van der Waals surface area contributed by atoms with Crippen LogP contribution >= 0.6 is 0 Å². The first-order valence-electron chi connectivity index (χ1n) is 11.3. The highest BCUT2D eigenvalue weighted by Crippen LogP contribution is 2.47. The molecule has 0 bridgehead atoms. The minimum Gasteiger partial charge on any atom is -0.343 e. The molecular formula is C24H29N7O. The Morgan fingerprint density at radius 1 is 1.19 bits per heavy atom. The molecule has 1 atom stereocenters. The minimum absolute atomic E-state index is 0.0786. The molecule has 2 aliphatic rings. The first kappa shape index (κ1) is 20.5. The van der Waals surface area contributed by atoms with Crippen molar-refractivity contribution in [2.24, 2.45) is 5.92 Å². The number of rotatable bonds is 7. The highest BCUT2D eigenvalue weighted by atomic mass is 16.2. The maximum Gasteiger partial charge on any atom is 0.323 e. The molecule has 2 N–H and O–H groups in total. The van der Waals surface area contributed by atoms with E-state index >= 15 is 0 Å². The van der Waals surface area contributed by atoms with Crippen molar-refractivity contribution in [2.45, 2.75) is 51.6 Å². The number of amides is 2. The Balaban J connectivity index is 1.36. The number of hydrogen-bond acceptors (Lipinski definition) is 5. The molecule has 8 nitrogen and oxygen atoms in total. The lowest BCUT2D eigenvalue weighted by atomic mass is 10.0. The van der Waals surface area contributed by atoms with Gasteiger partial charge in [0, 0.05) is 24.6 Å². The SMILES string of the molecule is CCc1ccc(-n2cnc(C3(Nc4nccc(N5C(=O)NCC5C(C)C)n4)CC3)c2)cc1. The molecule has 1 saturated carbocycles. The van der Waals surface area contributed by atoms with Gasteiger partial charge in [-0.1, -0.05) is 32.9 Å². The molecule has 3 heterocycles. The van der Waals surface area contributed by atoms with Crippen molar-refractivity contribution >= 4 is 17.8 Å². The van der Waals surface area contributed by atoms with E-state index in [1.165, 1.54) is 5.56 Å². The Morgan fingerprint density at radius 2 is 1.97 bits per heavy atom. The predicted molar refractivity (Wildman–Crippen MR) is 124 cm³/mol. The second kappa shape index (κ2) is 7.93. The van der Waals surface area contributed by atoms with Gasteiger partial charge in [-0.2, -0.15) is 4.98 Å². The maximum atomic E-state index is 12.4. The van der Waals surface area contributed by atoms with Gasteiger partial charge in [0.2, 0.25) is 5.95 Å². The summed E-state index contributed by atoms with van der Waals surface area (Å²) >= 11 is 0. The van der Waals surface area contributed by atoms with E-state index in [2.05, 4.69) is 81.4 Å². The fourth-order valence-electron chi connectivity index (χ4n) is 4.27. The van der Waals surface area contributed by atoms with Crippen LogP contribution in [0.25, 0.3) is 5.69 Å². The number of imidazole rings is 1. The lowest BCUT2D eigenvalue weighted by Gasteiger charge is -2.25. The monoisotopic (exact) mass is 431 g/mol.